The molecule has 0 saturated carbocycles. The van der Waals surface area contributed by atoms with Crippen molar-refractivity contribution in [3.8, 4) is 5.75 Å². The molecule has 18 heavy (non-hydrogen) atoms. The number of phenolic OH excluding ortho intramolecular Hbond substituents is 1. The van der Waals surface area contributed by atoms with Gasteiger partial charge >= 0.3 is 0 Å². The summed E-state index contributed by atoms with van der Waals surface area (Å²) in [5.74, 6) is 0.00558. The van der Waals surface area contributed by atoms with Crippen molar-refractivity contribution in [2.45, 2.75) is 25.3 Å². The number of rotatable bonds is 3. The van der Waals surface area contributed by atoms with Crippen LogP contribution in [0.25, 0.3) is 10.8 Å². The molecule has 96 valence electrons. The van der Waals surface area contributed by atoms with Crippen LogP contribution in [-0.2, 0) is 6.42 Å². The molecule has 0 aromatic heterocycles. The van der Waals surface area contributed by atoms with E-state index in [4.69, 9.17) is 5.73 Å². The van der Waals surface area contributed by atoms with E-state index in [9.17, 15) is 13.9 Å². The van der Waals surface area contributed by atoms with Crippen LogP contribution in [-0.4, -0.2) is 17.1 Å². The Morgan fingerprint density at radius 1 is 1.22 bits per heavy atom. The summed E-state index contributed by atoms with van der Waals surface area (Å²) < 4.78 is 25.6. The Balaban J connectivity index is 2.53. The summed E-state index contributed by atoms with van der Waals surface area (Å²) in [5, 5.41) is 11.5. The molecule has 1 unspecified atom stereocenters. The lowest BCUT2D eigenvalue weighted by Crippen LogP contribution is -2.45. The quantitative estimate of drug-likeness (QED) is 0.880. The highest BCUT2D eigenvalue weighted by molar-refractivity contribution is 5.87. The van der Waals surface area contributed by atoms with Gasteiger partial charge in [0.15, 0.2) is 0 Å². The number of halogens is 2. The van der Waals surface area contributed by atoms with Gasteiger partial charge in [-0.3, -0.25) is 0 Å². The number of aromatic hydroxyl groups is 1. The molecular weight excluding hydrogens is 236 g/mol. The topological polar surface area (TPSA) is 46.2 Å². The van der Waals surface area contributed by atoms with Crippen molar-refractivity contribution in [1.29, 1.82) is 0 Å². The first-order chi connectivity index (χ1) is 8.42. The summed E-state index contributed by atoms with van der Waals surface area (Å²) in [6, 6.07) is 10.6. The minimum Gasteiger partial charge on any atom is -0.508 e. The Morgan fingerprint density at radius 3 is 2.56 bits per heavy atom. The molecular formula is C14H15F2NO. The summed E-state index contributed by atoms with van der Waals surface area (Å²) in [4.78, 5) is 0. The first kappa shape index (κ1) is 12.8. The number of alkyl halides is 2. The molecule has 0 radical (unpaired) electrons. The van der Waals surface area contributed by atoms with Gasteiger partial charge in [0.2, 0.25) is 0 Å². The predicted octanol–water partition coefficient (Wildman–Crippen LogP) is 3.07. The van der Waals surface area contributed by atoms with Crippen LogP contribution in [0.15, 0.2) is 36.4 Å². The highest BCUT2D eigenvalue weighted by atomic mass is 19.3. The van der Waals surface area contributed by atoms with Crippen molar-refractivity contribution in [2.24, 2.45) is 5.73 Å². The fraction of sp³-hybridized carbons (Fsp3) is 0.286. The number of hydrogen-bond acceptors (Lipinski definition) is 2. The van der Waals surface area contributed by atoms with Gasteiger partial charge in [0, 0.05) is 5.56 Å². The lowest BCUT2D eigenvalue weighted by molar-refractivity contribution is 0.0638. The summed E-state index contributed by atoms with van der Waals surface area (Å²) in [5.41, 5.74) is 4.41. The Bertz CT molecular complexity index is 567. The number of phenols is 1. The maximum atomic E-state index is 12.8. The Labute approximate surface area is 104 Å². The lowest BCUT2D eigenvalue weighted by Gasteiger charge is -2.24. The van der Waals surface area contributed by atoms with Crippen LogP contribution in [0.3, 0.4) is 0 Å². The van der Waals surface area contributed by atoms with Gasteiger partial charge in [-0.05, 0) is 30.2 Å². The van der Waals surface area contributed by atoms with E-state index in [1.165, 1.54) is 13.0 Å². The molecule has 2 aromatic rings. The monoisotopic (exact) mass is 251 g/mol. The Kier molecular flexibility index (Phi) is 3.22. The number of fused-ring (bicyclic) bond motifs is 1. The molecule has 0 spiro atoms. The molecule has 0 amide bonds. The number of hydrogen-bond donors (Lipinski definition) is 2. The van der Waals surface area contributed by atoms with E-state index in [1.807, 2.05) is 18.2 Å². The van der Waals surface area contributed by atoms with Crippen molar-refractivity contribution < 1.29 is 13.9 Å². The maximum absolute atomic E-state index is 12.8. The van der Waals surface area contributed by atoms with Crippen LogP contribution in [0.4, 0.5) is 8.78 Å². The molecule has 1 atom stereocenters. The molecule has 0 saturated heterocycles. The predicted molar refractivity (Wildman–Crippen MR) is 67.9 cm³/mol. The summed E-state index contributed by atoms with van der Waals surface area (Å²) in [6.07, 6.45) is -2.71. The lowest BCUT2D eigenvalue weighted by atomic mass is 9.90. The molecule has 2 aromatic carbocycles. The average Bonchev–Trinajstić information content (AvgIpc) is 2.32. The molecule has 0 aliphatic carbocycles. The fourth-order valence-electron chi connectivity index (χ4n) is 1.97. The van der Waals surface area contributed by atoms with E-state index in [-0.39, 0.29) is 12.2 Å². The third-order valence-corrected chi connectivity index (χ3v) is 3.07. The van der Waals surface area contributed by atoms with Crippen molar-refractivity contribution >= 4 is 10.8 Å². The Morgan fingerprint density at radius 2 is 1.89 bits per heavy atom. The van der Waals surface area contributed by atoms with Gasteiger partial charge in [-0.15, -0.1) is 0 Å². The molecule has 4 heteroatoms. The highest BCUT2D eigenvalue weighted by Gasteiger charge is 2.31. The smallest absolute Gasteiger partial charge is 0.256 e. The molecule has 0 fully saturated rings. The molecule has 2 rings (SSSR count). The molecule has 0 bridgehead atoms. The van der Waals surface area contributed by atoms with Crippen molar-refractivity contribution in [2.75, 3.05) is 0 Å². The molecule has 0 heterocycles. The van der Waals surface area contributed by atoms with Crippen LogP contribution in [0.2, 0.25) is 0 Å². The van der Waals surface area contributed by atoms with Crippen LogP contribution in [0, 0.1) is 0 Å². The second-order valence-electron chi connectivity index (χ2n) is 4.77. The first-order valence-corrected chi connectivity index (χ1v) is 5.68. The zero-order chi connectivity index (χ0) is 13.3. The third-order valence-electron chi connectivity index (χ3n) is 3.07. The minimum absolute atomic E-state index is 0.00558. The Hall–Kier alpha value is -1.68. The van der Waals surface area contributed by atoms with Crippen molar-refractivity contribution in [3.05, 3.63) is 42.0 Å². The highest BCUT2D eigenvalue weighted by Crippen LogP contribution is 2.31. The second-order valence-corrected chi connectivity index (χ2v) is 4.77. The normalized spacial score (nSPS) is 14.9. The maximum Gasteiger partial charge on any atom is 0.256 e. The minimum atomic E-state index is -2.64. The van der Waals surface area contributed by atoms with Gasteiger partial charge in [-0.25, -0.2) is 8.78 Å². The van der Waals surface area contributed by atoms with E-state index in [2.05, 4.69) is 0 Å². The van der Waals surface area contributed by atoms with Gasteiger partial charge in [0.25, 0.3) is 6.43 Å². The van der Waals surface area contributed by atoms with E-state index in [0.29, 0.717) is 5.56 Å². The van der Waals surface area contributed by atoms with Crippen molar-refractivity contribution in [3.63, 3.8) is 0 Å². The SMILES string of the molecule is CC(N)(Cc1c(O)ccc2ccccc12)C(F)F. The first-order valence-electron chi connectivity index (χ1n) is 5.68. The van der Waals surface area contributed by atoms with Crippen LogP contribution in [0.1, 0.15) is 12.5 Å². The summed E-state index contributed by atoms with van der Waals surface area (Å²) in [7, 11) is 0. The van der Waals surface area contributed by atoms with Gasteiger partial charge in [-0.1, -0.05) is 30.3 Å². The van der Waals surface area contributed by atoms with E-state index in [0.717, 1.165) is 10.8 Å². The third kappa shape index (κ3) is 2.29. The summed E-state index contributed by atoms with van der Waals surface area (Å²) >= 11 is 0. The molecule has 3 N–H and O–H groups in total. The average molecular weight is 251 g/mol. The van der Waals surface area contributed by atoms with E-state index >= 15 is 0 Å². The zero-order valence-corrected chi connectivity index (χ0v) is 10.0. The van der Waals surface area contributed by atoms with Crippen LogP contribution >= 0.6 is 0 Å². The second kappa shape index (κ2) is 4.53. The van der Waals surface area contributed by atoms with E-state index in [1.54, 1.807) is 12.1 Å². The summed E-state index contributed by atoms with van der Waals surface area (Å²) in [6.45, 7) is 1.29. The van der Waals surface area contributed by atoms with Gasteiger partial charge < -0.3 is 10.8 Å². The van der Waals surface area contributed by atoms with Crippen LogP contribution < -0.4 is 5.73 Å². The fourth-order valence-corrected chi connectivity index (χ4v) is 1.97. The number of benzene rings is 2. The molecule has 0 aliphatic heterocycles. The van der Waals surface area contributed by atoms with Gasteiger partial charge in [-0.2, -0.15) is 0 Å². The molecule has 2 nitrogen and oxygen atoms in total. The van der Waals surface area contributed by atoms with Crippen LogP contribution in [0.5, 0.6) is 5.75 Å². The van der Waals surface area contributed by atoms with Gasteiger partial charge in [0.1, 0.15) is 5.75 Å². The standard InChI is InChI=1S/C14H15F2NO/c1-14(17,13(15)16)8-11-10-5-3-2-4-9(10)6-7-12(11)18/h2-7,13,18H,8,17H2,1H3. The van der Waals surface area contributed by atoms with Gasteiger partial charge in [0.05, 0.1) is 5.54 Å². The van der Waals surface area contributed by atoms with Crippen molar-refractivity contribution in [1.82, 2.24) is 0 Å². The molecule has 0 aliphatic rings. The largest absolute Gasteiger partial charge is 0.508 e. The number of nitrogens with two attached hydrogens (primary N) is 1. The van der Waals surface area contributed by atoms with E-state index < -0.39 is 12.0 Å². The zero-order valence-electron chi connectivity index (χ0n) is 10.0.